The summed E-state index contributed by atoms with van der Waals surface area (Å²) in [6.45, 7) is 2.02. The van der Waals surface area contributed by atoms with Gasteiger partial charge >= 0.3 is 0 Å². The van der Waals surface area contributed by atoms with Gasteiger partial charge < -0.3 is 15.1 Å². The summed E-state index contributed by atoms with van der Waals surface area (Å²) < 4.78 is 0.494. The van der Waals surface area contributed by atoms with Gasteiger partial charge in [-0.05, 0) is 48.7 Å². The molecule has 1 aromatic heterocycles. The van der Waals surface area contributed by atoms with Crippen molar-refractivity contribution in [2.24, 2.45) is 0 Å². The molecule has 31 heavy (non-hydrogen) atoms. The fourth-order valence-electron chi connectivity index (χ4n) is 3.59. The quantitative estimate of drug-likeness (QED) is 0.688. The lowest BCUT2D eigenvalue weighted by atomic mass is 9.95. The molecule has 8 heteroatoms. The van der Waals surface area contributed by atoms with Crippen LogP contribution in [0, 0.1) is 0 Å². The molecule has 2 amide bonds. The van der Waals surface area contributed by atoms with E-state index in [9.17, 15) is 14.4 Å². The molecule has 1 N–H and O–H groups in total. The van der Waals surface area contributed by atoms with Gasteiger partial charge in [-0.15, -0.1) is 11.3 Å². The minimum Gasteiger partial charge on any atom is -0.349 e. The van der Waals surface area contributed by atoms with Crippen LogP contribution in [0.1, 0.15) is 32.8 Å². The molecule has 166 valence electrons. The number of halogens is 1. The molecule has 0 bridgehead atoms. The molecule has 3 rings (SSSR count). The molecule has 0 saturated heterocycles. The lowest BCUT2D eigenvalue weighted by Gasteiger charge is -2.19. The highest BCUT2D eigenvalue weighted by Gasteiger charge is 2.26. The van der Waals surface area contributed by atoms with Crippen molar-refractivity contribution in [3.8, 4) is 0 Å². The number of amides is 2. The van der Waals surface area contributed by atoms with Crippen LogP contribution in [0.4, 0.5) is 0 Å². The number of carbonyl (C=O) groups excluding carboxylic acids is 3. The van der Waals surface area contributed by atoms with Crippen LogP contribution in [-0.4, -0.2) is 67.7 Å². The Morgan fingerprint density at radius 3 is 2.48 bits per heavy atom. The number of carbonyl (C=O) groups is 3. The van der Waals surface area contributed by atoms with Gasteiger partial charge in [-0.3, -0.25) is 14.4 Å². The van der Waals surface area contributed by atoms with Gasteiger partial charge in [0.05, 0.1) is 21.7 Å². The van der Waals surface area contributed by atoms with E-state index in [1.165, 1.54) is 16.0 Å². The van der Waals surface area contributed by atoms with Crippen molar-refractivity contribution in [2.75, 3.05) is 34.2 Å². The van der Waals surface area contributed by atoms with Gasteiger partial charge in [-0.2, -0.15) is 0 Å². The number of ketones is 1. The normalized spacial score (nSPS) is 15.0. The Labute approximate surface area is 192 Å². The summed E-state index contributed by atoms with van der Waals surface area (Å²) in [6.07, 6.45) is 2.04. The van der Waals surface area contributed by atoms with E-state index in [4.69, 9.17) is 11.6 Å². The molecule has 0 saturated carbocycles. The highest BCUT2D eigenvalue weighted by molar-refractivity contribution is 7.18. The number of likely N-dealkylation sites (N-methyl/N-ethyl adjacent to an activating group) is 1. The predicted octanol–water partition coefficient (Wildman–Crippen LogP) is 2.82. The molecule has 1 aromatic carbocycles. The first kappa shape index (κ1) is 23.4. The first-order valence-corrected chi connectivity index (χ1v) is 11.5. The zero-order valence-electron chi connectivity index (χ0n) is 18.1. The van der Waals surface area contributed by atoms with E-state index in [2.05, 4.69) is 29.4 Å². The number of hydrogen-bond acceptors (Lipinski definition) is 5. The third-order valence-corrected chi connectivity index (χ3v) is 6.77. The molecule has 0 aliphatic carbocycles. The summed E-state index contributed by atoms with van der Waals surface area (Å²) in [4.78, 5) is 42.1. The predicted molar refractivity (Wildman–Crippen MR) is 124 cm³/mol. The third-order valence-electron chi connectivity index (χ3n) is 5.54. The zero-order valence-corrected chi connectivity index (χ0v) is 19.7. The Morgan fingerprint density at radius 1 is 1.13 bits per heavy atom. The lowest BCUT2D eigenvalue weighted by molar-refractivity contribution is -0.132. The van der Waals surface area contributed by atoms with Gasteiger partial charge in [-0.1, -0.05) is 29.8 Å². The van der Waals surface area contributed by atoms with Crippen molar-refractivity contribution < 1.29 is 14.4 Å². The first-order chi connectivity index (χ1) is 14.7. The number of hydrogen-bond donors (Lipinski definition) is 1. The van der Waals surface area contributed by atoms with Crippen LogP contribution >= 0.6 is 22.9 Å². The van der Waals surface area contributed by atoms with Crippen molar-refractivity contribution in [1.29, 1.82) is 0 Å². The van der Waals surface area contributed by atoms with E-state index >= 15 is 0 Å². The van der Waals surface area contributed by atoms with Crippen molar-refractivity contribution in [1.82, 2.24) is 15.1 Å². The van der Waals surface area contributed by atoms with Gasteiger partial charge in [0.25, 0.3) is 5.91 Å². The maximum atomic E-state index is 13.1. The minimum atomic E-state index is -0.895. The number of nitrogens with one attached hydrogen (secondary N) is 1. The molecule has 1 aliphatic heterocycles. The molecule has 1 aliphatic rings. The maximum absolute atomic E-state index is 13.1. The summed E-state index contributed by atoms with van der Waals surface area (Å²) in [5.41, 5.74) is 3.50. The standard InChI is InChI=1S/C23H28ClN3O3S/c1-26(2)22(29)14-18(25-23(30)20-6-7-21(24)31-20)19(28)13-15-4-5-16-8-10-27(3)11-9-17(16)12-15/h4-7,12,18H,8-11,13-14H2,1-3H3,(H,25,30). The molecule has 0 spiro atoms. The summed E-state index contributed by atoms with van der Waals surface area (Å²) in [7, 11) is 5.38. The Balaban J connectivity index is 1.74. The van der Waals surface area contributed by atoms with E-state index in [1.54, 1.807) is 26.2 Å². The number of fused-ring (bicyclic) bond motifs is 1. The third kappa shape index (κ3) is 6.38. The van der Waals surface area contributed by atoms with Crippen LogP contribution in [-0.2, 0) is 28.9 Å². The number of Topliss-reactive ketones (excluding diaryl/α,β-unsaturated/α-hetero) is 1. The molecule has 2 aromatic rings. The molecular weight excluding hydrogens is 434 g/mol. The lowest BCUT2D eigenvalue weighted by Crippen LogP contribution is -2.44. The van der Waals surface area contributed by atoms with Crippen molar-refractivity contribution in [3.63, 3.8) is 0 Å². The summed E-state index contributed by atoms with van der Waals surface area (Å²) in [5, 5.41) is 2.74. The van der Waals surface area contributed by atoms with Crippen LogP contribution in [0.2, 0.25) is 4.34 Å². The van der Waals surface area contributed by atoms with E-state index in [0.29, 0.717) is 9.21 Å². The number of benzene rings is 1. The summed E-state index contributed by atoms with van der Waals surface area (Å²) in [6, 6.07) is 8.53. The Bertz CT molecular complexity index is 973. The van der Waals surface area contributed by atoms with E-state index in [-0.39, 0.29) is 24.5 Å². The molecular formula is C23H28ClN3O3S. The number of rotatable bonds is 7. The van der Waals surface area contributed by atoms with Crippen LogP contribution < -0.4 is 5.32 Å². The Hall–Kier alpha value is -2.22. The Kier molecular flexibility index (Phi) is 7.86. The van der Waals surface area contributed by atoms with Gasteiger partial charge in [0.1, 0.15) is 0 Å². The fraction of sp³-hybridized carbons (Fsp3) is 0.435. The van der Waals surface area contributed by atoms with Crippen molar-refractivity contribution in [3.05, 3.63) is 56.2 Å². The molecule has 6 nitrogen and oxygen atoms in total. The SMILES string of the molecule is CN1CCc2ccc(CC(=O)C(CC(=O)N(C)C)NC(=O)c3ccc(Cl)s3)cc2CC1. The second kappa shape index (κ2) is 10.4. The molecule has 0 fully saturated rings. The average molecular weight is 462 g/mol. The van der Waals surface area contributed by atoms with E-state index in [0.717, 1.165) is 42.8 Å². The molecule has 1 atom stereocenters. The first-order valence-electron chi connectivity index (χ1n) is 10.3. The van der Waals surface area contributed by atoms with Crippen LogP contribution in [0.25, 0.3) is 0 Å². The minimum absolute atomic E-state index is 0.0770. The topological polar surface area (TPSA) is 69.7 Å². The summed E-state index contributed by atoms with van der Waals surface area (Å²) >= 11 is 7.06. The second-order valence-electron chi connectivity index (χ2n) is 8.17. The average Bonchev–Trinajstić information content (AvgIpc) is 3.08. The fourth-order valence-corrected chi connectivity index (χ4v) is 4.54. The zero-order chi connectivity index (χ0) is 22.5. The Morgan fingerprint density at radius 2 is 1.84 bits per heavy atom. The second-order valence-corrected chi connectivity index (χ2v) is 9.89. The monoisotopic (exact) mass is 461 g/mol. The molecule has 0 radical (unpaired) electrons. The maximum Gasteiger partial charge on any atom is 0.261 e. The van der Waals surface area contributed by atoms with Crippen molar-refractivity contribution >= 4 is 40.5 Å². The molecule has 2 heterocycles. The highest BCUT2D eigenvalue weighted by Crippen LogP contribution is 2.22. The van der Waals surface area contributed by atoms with E-state index in [1.807, 2.05) is 6.07 Å². The van der Waals surface area contributed by atoms with Gasteiger partial charge in [0.15, 0.2) is 5.78 Å². The van der Waals surface area contributed by atoms with Gasteiger partial charge in [0.2, 0.25) is 5.91 Å². The van der Waals surface area contributed by atoms with Crippen molar-refractivity contribution in [2.45, 2.75) is 31.7 Å². The van der Waals surface area contributed by atoms with Crippen LogP contribution in [0.3, 0.4) is 0 Å². The van der Waals surface area contributed by atoms with E-state index < -0.39 is 11.9 Å². The number of nitrogens with zero attached hydrogens (tertiary/aromatic N) is 2. The summed E-state index contributed by atoms with van der Waals surface area (Å²) in [5.74, 6) is -0.795. The van der Waals surface area contributed by atoms with Gasteiger partial charge in [0, 0.05) is 33.6 Å². The van der Waals surface area contributed by atoms with Gasteiger partial charge in [-0.25, -0.2) is 0 Å². The van der Waals surface area contributed by atoms with Crippen LogP contribution in [0.15, 0.2) is 30.3 Å². The largest absolute Gasteiger partial charge is 0.349 e. The van der Waals surface area contributed by atoms with Crippen LogP contribution in [0.5, 0.6) is 0 Å². The smallest absolute Gasteiger partial charge is 0.261 e. The molecule has 1 unspecified atom stereocenters. The number of thiophene rings is 1. The highest BCUT2D eigenvalue weighted by atomic mass is 35.5.